The molecule has 0 radical (unpaired) electrons. The van der Waals surface area contributed by atoms with Gasteiger partial charge in [0.2, 0.25) is 0 Å². The zero-order valence-corrected chi connectivity index (χ0v) is 15.8. The van der Waals surface area contributed by atoms with E-state index in [9.17, 15) is 19.1 Å². The van der Waals surface area contributed by atoms with Crippen molar-refractivity contribution in [3.63, 3.8) is 0 Å². The molecule has 1 fully saturated rings. The van der Waals surface area contributed by atoms with E-state index in [-0.39, 0.29) is 34.8 Å². The predicted molar refractivity (Wildman–Crippen MR) is 106 cm³/mol. The van der Waals surface area contributed by atoms with Crippen LogP contribution in [0.15, 0.2) is 52.4 Å². The first-order valence-corrected chi connectivity index (χ1v) is 9.18. The topological polar surface area (TPSA) is 79.2 Å². The summed E-state index contributed by atoms with van der Waals surface area (Å²) in [5, 5.41) is 9.63. The highest BCUT2D eigenvalue weighted by molar-refractivity contribution is 8.18. The van der Waals surface area contributed by atoms with Gasteiger partial charge in [0.25, 0.3) is 11.1 Å². The molecule has 0 atom stereocenters. The van der Waals surface area contributed by atoms with E-state index in [1.807, 2.05) is 0 Å². The van der Waals surface area contributed by atoms with Gasteiger partial charge in [-0.15, -0.1) is 0 Å². The summed E-state index contributed by atoms with van der Waals surface area (Å²) in [6.07, 6.45) is 3.02. The number of benzene rings is 2. The molecule has 3 rings (SSSR count). The number of aliphatic imine (C=N–C) groups is 1. The van der Waals surface area contributed by atoms with E-state index < -0.39 is 5.91 Å². The van der Waals surface area contributed by atoms with E-state index in [2.05, 4.69) is 4.99 Å². The van der Waals surface area contributed by atoms with Crippen molar-refractivity contribution >= 4 is 35.2 Å². The van der Waals surface area contributed by atoms with Crippen LogP contribution in [0, 0.1) is 5.82 Å². The summed E-state index contributed by atoms with van der Waals surface area (Å²) in [6, 6.07) is 10.7. The lowest BCUT2D eigenvalue weighted by Crippen LogP contribution is -2.30. The van der Waals surface area contributed by atoms with Gasteiger partial charge in [-0.2, -0.15) is 0 Å². The van der Waals surface area contributed by atoms with Gasteiger partial charge >= 0.3 is 0 Å². The van der Waals surface area contributed by atoms with Crippen molar-refractivity contribution in [1.82, 2.24) is 4.90 Å². The van der Waals surface area contributed by atoms with Crippen LogP contribution in [0.5, 0.6) is 11.5 Å². The Morgan fingerprint density at radius 1 is 1.21 bits per heavy atom. The summed E-state index contributed by atoms with van der Waals surface area (Å²) in [5.74, 6) is -0.466. The van der Waals surface area contributed by atoms with Gasteiger partial charge in [0.1, 0.15) is 5.82 Å². The fourth-order valence-electron chi connectivity index (χ4n) is 2.53. The SMILES string of the molecule is COc1cccc(C=NCCN2C(=O)S/C(=C\c3ccc(F)cc3)C2=O)c1O. The van der Waals surface area contributed by atoms with E-state index in [0.717, 1.165) is 16.7 Å². The third-order valence-corrected chi connectivity index (χ3v) is 4.88. The van der Waals surface area contributed by atoms with Gasteiger partial charge in [0, 0.05) is 18.3 Å². The highest BCUT2D eigenvalue weighted by atomic mass is 32.2. The Morgan fingerprint density at radius 3 is 2.68 bits per heavy atom. The normalized spacial score (nSPS) is 15.8. The Balaban J connectivity index is 1.63. The Kier molecular flexibility index (Phi) is 6.10. The second-order valence-electron chi connectivity index (χ2n) is 5.82. The second kappa shape index (κ2) is 8.71. The number of carbonyl (C=O) groups excluding carboxylic acids is 2. The standard InChI is InChI=1S/C20H17FN2O4S/c1-27-16-4-2-3-14(18(16)24)12-22-9-10-23-19(25)17(28-20(23)26)11-13-5-7-15(21)8-6-13/h2-8,11-12,24H,9-10H2,1H3/b17-11-,22-12?. The molecule has 1 aliphatic heterocycles. The molecular formula is C20H17FN2O4S. The quantitative estimate of drug-likeness (QED) is 0.591. The molecule has 2 aromatic carbocycles. The number of imide groups is 1. The van der Waals surface area contributed by atoms with Crippen LogP contribution < -0.4 is 4.74 Å². The van der Waals surface area contributed by atoms with Gasteiger partial charge in [-0.3, -0.25) is 19.5 Å². The zero-order valence-electron chi connectivity index (χ0n) is 15.0. The van der Waals surface area contributed by atoms with Crippen molar-refractivity contribution in [2.75, 3.05) is 20.2 Å². The molecule has 0 saturated carbocycles. The number of thioether (sulfide) groups is 1. The molecule has 28 heavy (non-hydrogen) atoms. The van der Waals surface area contributed by atoms with Gasteiger partial charge in [-0.25, -0.2) is 4.39 Å². The number of nitrogens with zero attached hydrogens (tertiary/aromatic N) is 2. The van der Waals surface area contributed by atoms with Crippen molar-refractivity contribution in [1.29, 1.82) is 0 Å². The van der Waals surface area contributed by atoms with E-state index in [4.69, 9.17) is 4.74 Å². The lowest BCUT2D eigenvalue weighted by molar-refractivity contribution is -0.122. The Morgan fingerprint density at radius 2 is 1.96 bits per heavy atom. The number of halogens is 1. The molecule has 144 valence electrons. The van der Waals surface area contributed by atoms with Crippen LogP contribution in [0.4, 0.5) is 9.18 Å². The second-order valence-corrected chi connectivity index (χ2v) is 6.81. The number of amides is 2. The molecular weight excluding hydrogens is 383 g/mol. The Bertz CT molecular complexity index is 957. The van der Waals surface area contributed by atoms with E-state index in [0.29, 0.717) is 16.9 Å². The van der Waals surface area contributed by atoms with Gasteiger partial charge in [0.15, 0.2) is 11.5 Å². The van der Waals surface area contributed by atoms with Gasteiger partial charge in [-0.1, -0.05) is 18.2 Å². The molecule has 0 aromatic heterocycles. The summed E-state index contributed by atoms with van der Waals surface area (Å²) < 4.78 is 18.0. The maximum atomic E-state index is 13.0. The number of aromatic hydroxyl groups is 1. The lowest BCUT2D eigenvalue weighted by atomic mass is 10.2. The summed E-state index contributed by atoms with van der Waals surface area (Å²) in [7, 11) is 1.45. The number of phenols is 1. The fraction of sp³-hybridized carbons (Fsp3) is 0.150. The predicted octanol–water partition coefficient (Wildman–Crippen LogP) is 3.70. The number of phenolic OH excluding ortho intramolecular Hbond substituents is 1. The molecule has 0 spiro atoms. The first kappa shape index (κ1) is 19.6. The van der Waals surface area contributed by atoms with Crippen molar-refractivity contribution in [3.8, 4) is 11.5 Å². The van der Waals surface area contributed by atoms with Gasteiger partial charge in [0.05, 0.1) is 18.6 Å². The maximum absolute atomic E-state index is 13.0. The van der Waals surface area contributed by atoms with E-state index >= 15 is 0 Å². The number of rotatable bonds is 6. The number of methoxy groups -OCH3 is 1. The fourth-order valence-corrected chi connectivity index (χ4v) is 3.40. The maximum Gasteiger partial charge on any atom is 0.293 e. The number of hydrogen-bond acceptors (Lipinski definition) is 6. The number of hydrogen-bond donors (Lipinski definition) is 1. The minimum absolute atomic E-state index is 0.0258. The molecule has 1 saturated heterocycles. The Hall–Kier alpha value is -3.13. The molecule has 2 amide bonds. The zero-order chi connectivity index (χ0) is 20.1. The minimum atomic E-state index is -0.404. The summed E-state index contributed by atoms with van der Waals surface area (Å²) >= 11 is 0.839. The third-order valence-electron chi connectivity index (χ3n) is 3.97. The Labute approximate surface area is 165 Å². The van der Waals surface area contributed by atoms with Crippen molar-refractivity contribution < 1.29 is 23.8 Å². The minimum Gasteiger partial charge on any atom is -0.504 e. The van der Waals surface area contributed by atoms with Gasteiger partial charge < -0.3 is 9.84 Å². The van der Waals surface area contributed by atoms with E-state index in [1.165, 1.54) is 37.6 Å². The molecule has 0 aliphatic carbocycles. The van der Waals surface area contributed by atoms with E-state index in [1.54, 1.807) is 24.3 Å². The average Bonchev–Trinajstić information content (AvgIpc) is 2.95. The van der Waals surface area contributed by atoms with Crippen molar-refractivity contribution in [3.05, 3.63) is 64.3 Å². The number of ether oxygens (including phenoxy) is 1. The smallest absolute Gasteiger partial charge is 0.293 e. The largest absolute Gasteiger partial charge is 0.504 e. The lowest BCUT2D eigenvalue weighted by Gasteiger charge is -2.10. The molecule has 2 aromatic rings. The monoisotopic (exact) mass is 400 g/mol. The molecule has 1 heterocycles. The summed E-state index contributed by atoms with van der Waals surface area (Å²) in [5.41, 5.74) is 1.11. The van der Waals surface area contributed by atoms with Crippen LogP contribution in [0.2, 0.25) is 0 Å². The summed E-state index contributed by atoms with van der Waals surface area (Å²) in [4.78, 5) is 30.1. The van der Waals surface area contributed by atoms with Crippen molar-refractivity contribution in [2.24, 2.45) is 4.99 Å². The van der Waals surface area contributed by atoms with Crippen molar-refractivity contribution in [2.45, 2.75) is 0 Å². The number of para-hydroxylation sites is 1. The third kappa shape index (κ3) is 4.40. The van der Waals surface area contributed by atoms with Crippen LogP contribution in [0.3, 0.4) is 0 Å². The summed E-state index contributed by atoms with van der Waals surface area (Å²) in [6.45, 7) is 0.311. The first-order chi connectivity index (χ1) is 13.5. The highest BCUT2D eigenvalue weighted by Gasteiger charge is 2.34. The molecule has 1 N–H and O–H groups in total. The van der Waals surface area contributed by atoms with Crippen LogP contribution in [0.25, 0.3) is 6.08 Å². The van der Waals surface area contributed by atoms with Crippen LogP contribution >= 0.6 is 11.8 Å². The molecule has 0 unspecified atom stereocenters. The molecule has 1 aliphatic rings. The average molecular weight is 400 g/mol. The molecule has 8 heteroatoms. The van der Waals surface area contributed by atoms with Crippen LogP contribution in [-0.4, -0.2) is 47.6 Å². The van der Waals surface area contributed by atoms with Gasteiger partial charge in [-0.05, 0) is 47.7 Å². The molecule has 0 bridgehead atoms. The first-order valence-electron chi connectivity index (χ1n) is 8.36. The highest BCUT2D eigenvalue weighted by Crippen LogP contribution is 2.32. The van der Waals surface area contributed by atoms with Crippen LogP contribution in [-0.2, 0) is 4.79 Å². The molecule has 6 nitrogen and oxygen atoms in total. The van der Waals surface area contributed by atoms with Crippen LogP contribution in [0.1, 0.15) is 11.1 Å². The number of carbonyl (C=O) groups is 2.